The first-order chi connectivity index (χ1) is 9.06. The third-order valence-electron chi connectivity index (χ3n) is 2.79. The number of aryl methyl sites for hydroxylation is 1. The Morgan fingerprint density at radius 3 is 2.79 bits per heavy atom. The fraction of sp³-hybridized carbons (Fsp3) is 0.250. The zero-order valence-corrected chi connectivity index (χ0v) is 10.5. The third-order valence-corrected chi connectivity index (χ3v) is 2.79. The fourth-order valence-corrected chi connectivity index (χ4v) is 1.75. The van der Waals surface area contributed by atoms with Crippen molar-refractivity contribution in [3.8, 4) is 11.4 Å². The van der Waals surface area contributed by atoms with E-state index in [4.69, 9.17) is 9.84 Å². The van der Waals surface area contributed by atoms with Crippen LogP contribution in [-0.4, -0.2) is 26.9 Å². The molecule has 0 saturated carbocycles. The standard InChI is InChI=1S/C12H13N3O4/c1-8-9(7-16)6-14(13-8)10-3-4-12(19-2)11(5-10)15(17)18/h3-6,16H,7H2,1-2H3. The molecular weight excluding hydrogens is 250 g/mol. The van der Waals surface area contributed by atoms with E-state index in [1.165, 1.54) is 23.9 Å². The Bertz CT molecular complexity index is 621. The molecule has 0 radical (unpaired) electrons. The Balaban J connectivity index is 2.50. The minimum Gasteiger partial charge on any atom is -0.490 e. The van der Waals surface area contributed by atoms with Gasteiger partial charge in [0.15, 0.2) is 5.75 Å². The van der Waals surface area contributed by atoms with Gasteiger partial charge in [-0.15, -0.1) is 0 Å². The first-order valence-electron chi connectivity index (χ1n) is 5.55. The van der Waals surface area contributed by atoms with Gasteiger partial charge in [0, 0.05) is 17.8 Å². The van der Waals surface area contributed by atoms with Crippen LogP contribution in [0.15, 0.2) is 24.4 Å². The normalized spacial score (nSPS) is 10.5. The Hall–Kier alpha value is -2.41. The maximum absolute atomic E-state index is 10.9. The molecule has 1 heterocycles. The van der Waals surface area contributed by atoms with Crippen molar-refractivity contribution < 1.29 is 14.8 Å². The van der Waals surface area contributed by atoms with Crippen molar-refractivity contribution in [2.75, 3.05) is 7.11 Å². The highest BCUT2D eigenvalue weighted by molar-refractivity contribution is 5.53. The summed E-state index contributed by atoms with van der Waals surface area (Å²) in [7, 11) is 1.38. The number of aliphatic hydroxyl groups is 1. The monoisotopic (exact) mass is 263 g/mol. The van der Waals surface area contributed by atoms with E-state index >= 15 is 0 Å². The molecular formula is C12H13N3O4. The van der Waals surface area contributed by atoms with E-state index in [0.717, 1.165) is 0 Å². The first kappa shape index (κ1) is 13.0. The summed E-state index contributed by atoms with van der Waals surface area (Å²) in [5.41, 5.74) is 1.77. The second kappa shape index (κ2) is 5.07. The largest absolute Gasteiger partial charge is 0.490 e. The molecule has 0 bridgehead atoms. The second-order valence-corrected chi connectivity index (χ2v) is 3.96. The van der Waals surface area contributed by atoms with E-state index in [-0.39, 0.29) is 18.0 Å². The topological polar surface area (TPSA) is 90.4 Å². The summed E-state index contributed by atoms with van der Waals surface area (Å²) in [6.45, 7) is 1.64. The lowest BCUT2D eigenvalue weighted by Crippen LogP contribution is -1.99. The van der Waals surface area contributed by atoms with Gasteiger partial charge in [-0.3, -0.25) is 10.1 Å². The lowest BCUT2D eigenvalue weighted by atomic mass is 10.2. The minimum atomic E-state index is -0.508. The van der Waals surface area contributed by atoms with Crippen molar-refractivity contribution in [1.82, 2.24) is 9.78 Å². The molecule has 7 heteroatoms. The molecule has 2 rings (SSSR count). The van der Waals surface area contributed by atoms with Crippen LogP contribution in [0.4, 0.5) is 5.69 Å². The zero-order valence-electron chi connectivity index (χ0n) is 10.5. The van der Waals surface area contributed by atoms with Gasteiger partial charge < -0.3 is 9.84 Å². The number of nitrogens with zero attached hydrogens (tertiary/aromatic N) is 3. The third kappa shape index (κ3) is 2.41. The summed E-state index contributed by atoms with van der Waals surface area (Å²) < 4.78 is 6.43. The van der Waals surface area contributed by atoms with Gasteiger partial charge in [0.1, 0.15) is 0 Å². The summed E-state index contributed by atoms with van der Waals surface area (Å²) >= 11 is 0. The molecule has 0 unspecified atom stereocenters. The summed E-state index contributed by atoms with van der Waals surface area (Å²) in [6.07, 6.45) is 1.64. The van der Waals surface area contributed by atoms with Gasteiger partial charge in [0.05, 0.1) is 30.0 Å². The number of aromatic nitrogens is 2. The number of nitro groups is 1. The molecule has 19 heavy (non-hydrogen) atoms. The van der Waals surface area contributed by atoms with Crippen molar-refractivity contribution in [3.63, 3.8) is 0 Å². The number of methoxy groups -OCH3 is 1. The molecule has 0 atom stereocenters. The molecule has 1 aromatic carbocycles. The molecule has 1 N–H and O–H groups in total. The molecule has 100 valence electrons. The molecule has 0 aliphatic carbocycles. The van der Waals surface area contributed by atoms with E-state index in [1.54, 1.807) is 19.2 Å². The summed E-state index contributed by atoms with van der Waals surface area (Å²) in [4.78, 5) is 10.4. The molecule has 1 aromatic heterocycles. The number of nitro benzene ring substituents is 1. The quantitative estimate of drug-likeness (QED) is 0.668. The summed E-state index contributed by atoms with van der Waals surface area (Å²) in [5, 5.41) is 24.3. The van der Waals surface area contributed by atoms with Crippen molar-refractivity contribution in [2.24, 2.45) is 0 Å². The predicted octanol–water partition coefficient (Wildman–Crippen LogP) is 1.59. The number of ether oxygens (including phenoxy) is 1. The first-order valence-corrected chi connectivity index (χ1v) is 5.55. The zero-order chi connectivity index (χ0) is 14.0. The van der Waals surface area contributed by atoms with E-state index in [1.807, 2.05) is 0 Å². The highest BCUT2D eigenvalue weighted by Gasteiger charge is 2.16. The average Bonchev–Trinajstić information content (AvgIpc) is 2.79. The lowest BCUT2D eigenvalue weighted by molar-refractivity contribution is -0.385. The van der Waals surface area contributed by atoms with Gasteiger partial charge in [0.2, 0.25) is 0 Å². The second-order valence-electron chi connectivity index (χ2n) is 3.96. The van der Waals surface area contributed by atoms with E-state index in [2.05, 4.69) is 5.10 Å². The van der Waals surface area contributed by atoms with Gasteiger partial charge in [0.25, 0.3) is 0 Å². The molecule has 7 nitrogen and oxygen atoms in total. The van der Waals surface area contributed by atoms with Crippen LogP contribution in [0.1, 0.15) is 11.3 Å². The fourth-order valence-electron chi connectivity index (χ4n) is 1.75. The van der Waals surface area contributed by atoms with Crippen molar-refractivity contribution >= 4 is 5.69 Å². The number of aliphatic hydroxyl groups excluding tert-OH is 1. The number of hydrogen-bond acceptors (Lipinski definition) is 5. The summed E-state index contributed by atoms with van der Waals surface area (Å²) in [5.74, 6) is 0.194. The number of benzene rings is 1. The van der Waals surface area contributed by atoms with Crippen LogP contribution in [0.3, 0.4) is 0 Å². The van der Waals surface area contributed by atoms with E-state index in [9.17, 15) is 10.1 Å². The maximum atomic E-state index is 10.9. The van der Waals surface area contributed by atoms with Crippen molar-refractivity contribution in [2.45, 2.75) is 13.5 Å². The van der Waals surface area contributed by atoms with Crippen LogP contribution >= 0.6 is 0 Å². The molecule has 0 fully saturated rings. The smallest absolute Gasteiger partial charge is 0.313 e. The predicted molar refractivity (Wildman–Crippen MR) is 67.4 cm³/mol. The van der Waals surface area contributed by atoms with Crippen LogP contribution in [0.2, 0.25) is 0 Å². The van der Waals surface area contributed by atoms with Gasteiger partial charge in [-0.05, 0) is 19.1 Å². The van der Waals surface area contributed by atoms with Crippen LogP contribution in [0, 0.1) is 17.0 Å². The lowest BCUT2D eigenvalue weighted by Gasteiger charge is -2.04. The summed E-state index contributed by atoms with van der Waals surface area (Å²) in [6, 6.07) is 4.56. The number of rotatable bonds is 4. The van der Waals surface area contributed by atoms with Crippen LogP contribution in [-0.2, 0) is 6.61 Å². The Morgan fingerprint density at radius 2 is 2.26 bits per heavy atom. The Kier molecular flexibility index (Phi) is 3.48. The molecule has 2 aromatic rings. The van der Waals surface area contributed by atoms with Crippen LogP contribution < -0.4 is 4.74 Å². The molecule has 0 amide bonds. The Morgan fingerprint density at radius 1 is 1.53 bits per heavy atom. The van der Waals surface area contributed by atoms with Gasteiger partial charge in [-0.2, -0.15) is 5.10 Å². The van der Waals surface area contributed by atoms with Crippen molar-refractivity contribution in [3.05, 3.63) is 45.8 Å². The van der Waals surface area contributed by atoms with E-state index < -0.39 is 4.92 Å². The SMILES string of the molecule is COc1ccc(-n2cc(CO)c(C)n2)cc1[N+](=O)[O-]. The Labute approximate surface area is 109 Å². The molecule has 0 aliphatic rings. The highest BCUT2D eigenvalue weighted by atomic mass is 16.6. The maximum Gasteiger partial charge on any atom is 0.313 e. The molecule has 0 spiro atoms. The van der Waals surface area contributed by atoms with Gasteiger partial charge >= 0.3 is 5.69 Å². The molecule has 0 aliphatic heterocycles. The minimum absolute atomic E-state index is 0.121. The van der Waals surface area contributed by atoms with Crippen LogP contribution in [0.25, 0.3) is 5.69 Å². The molecule has 0 saturated heterocycles. The number of hydrogen-bond donors (Lipinski definition) is 1. The van der Waals surface area contributed by atoms with Gasteiger partial charge in [-0.1, -0.05) is 0 Å². The van der Waals surface area contributed by atoms with E-state index in [0.29, 0.717) is 16.9 Å². The van der Waals surface area contributed by atoms with Gasteiger partial charge in [-0.25, -0.2) is 4.68 Å². The highest BCUT2D eigenvalue weighted by Crippen LogP contribution is 2.29. The average molecular weight is 263 g/mol. The van der Waals surface area contributed by atoms with Crippen LogP contribution in [0.5, 0.6) is 5.75 Å². The van der Waals surface area contributed by atoms with Crippen molar-refractivity contribution in [1.29, 1.82) is 0 Å².